The number of benzene rings is 1. The van der Waals surface area contributed by atoms with E-state index in [1.165, 1.54) is 0 Å². The van der Waals surface area contributed by atoms with E-state index in [1.54, 1.807) is 0 Å². The molecule has 2 heterocycles. The number of Topliss-reactive ketones (excluding diaryl/α,β-unsaturated/α-hetero) is 1. The van der Waals surface area contributed by atoms with Crippen molar-refractivity contribution >= 4 is 17.2 Å². The Labute approximate surface area is 156 Å². The van der Waals surface area contributed by atoms with Gasteiger partial charge in [-0.15, -0.1) is 0 Å². The molecular formula is C21H30N2O3. The van der Waals surface area contributed by atoms with Gasteiger partial charge in [0.05, 0.1) is 30.1 Å². The number of hydrogen-bond donors (Lipinski definition) is 1. The molecule has 1 aromatic rings. The number of hydrazone groups is 1. The summed E-state index contributed by atoms with van der Waals surface area (Å²) in [6, 6.07) is 9.92. The quantitative estimate of drug-likeness (QED) is 0.825. The molecule has 0 bridgehead atoms. The molecule has 2 aliphatic heterocycles. The number of rotatable bonds is 4. The predicted molar refractivity (Wildman–Crippen MR) is 103 cm³/mol. The highest BCUT2D eigenvalue weighted by molar-refractivity contribution is 5.90. The summed E-state index contributed by atoms with van der Waals surface area (Å²) in [5.41, 5.74) is 4.62. The first kappa shape index (κ1) is 19.1. The van der Waals surface area contributed by atoms with Gasteiger partial charge < -0.3 is 9.47 Å². The van der Waals surface area contributed by atoms with E-state index in [4.69, 9.17) is 9.47 Å². The first-order valence-corrected chi connectivity index (χ1v) is 9.42. The molecule has 0 amide bonds. The maximum absolute atomic E-state index is 12.5. The van der Waals surface area contributed by atoms with E-state index in [0.717, 1.165) is 24.2 Å². The molecule has 0 radical (unpaired) electrons. The molecule has 3 rings (SSSR count). The van der Waals surface area contributed by atoms with Crippen molar-refractivity contribution in [3.8, 4) is 0 Å². The third kappa shape index (κ3) is 4.92. The maximum atomic E-state index is 12.5. The van der Waals surface area contributed by atoms with Gasteiger partial charge in [-0.3, -0.25) is 10.2 Å². The lowest BCUT2D eigenvalue weighted by Crippen LogP contribution is -2.45. The number of carbonyl (C=O) groups excluding carboxylic acids is 1. The molecule has 0 spiro atoms. The lowest BCUT2D eigenvalue weighted by atomic mass is 9.80. The van der Waals surface area contributed by atoms with Gasteiger partial charge >= 0.3 is 0 Å². The van der Waals surface area contributed by atoms with Crippen molar-refractivity contribution in [3.05, 3.63) is 30.3 Å². The molecule has 1 N–H and O–H groups in total. The molecule has 0 unspecified atom stereocenters. The molecule has 2 aliphatic rings. The number of para-hydroxylation sites is 1. The molecule has 5 nitrogen and oxygen atoms in total. The second-order valence-electron chi connectivity index (χ2n) is 8.67. The third-order valence-electron chi connectivity index (χ3n) is 5.16. The summed E-state index contributed by atoms with van der Waals surface area (Å²) in [6.07, 6.45) is 1.97. The molecule has 0 aromatic heterocycles. The molecule has 2 atom stereocenters. The van der Waals surface area contributed by atoms with Crippen LogP contribution in [0.25, 0.3) is 0 Å². The minimum Gasteiger partial charge on any atom is -0.374 e. The zero-order valence-electron chi connectivity index (χ0n) is 16.2. The van der Waals surface area contributed by atoms with Crippen LogP contribution in [0.2, 0.25) is 0 Å². The first-order valence-electron chi connectivity index (χ1n) is 9.42. The Morgan fingerprint density at radius 3 is 2.27 bits per heavy atom. The summed E-state index contributed by atoms with van der Waals surface area (Å²) in [6.45, 7) is 9.20. The number of nitrogens with zero attached hydrogens (tertiary/aromatic N) is 1. The van der Waals surface area contributed by atoms with Crippen molar-refractivity contribution in [1.82, 2.24) is 0 Å². The molecule has 1 aromatic carbocycles. The minimum atomic E-state index is -0.343. The highest BCUT2D eigenvalue weighted by atomic mass is 16.5. The second kappa shape index (κ2) is 7.49. The standard InChI is InChI=1S/C21H30N2O3/c1-20(2)11-18(23-22-17-8-6-5-7-9-17)15(13-25-20)10-16-14-26-21(3,4)12-19(16)24/h5-9,15-16,22H,10-14H2,1-4H3/b23-18-/t15-,16-/m0/s1. The van der Waals surface area contributed by atoms with Crippen LogP contribution in [0.4, 0.5) is 5.69 Å². The van der Waals surface area contributed by atoms with Gasteiger partial charge in [0.15, 0.2) is 0 Å². The second-order valence-corrected chi connectivity index (χ2v) is 8.67. The van der Waals surface area contributed by atoms with Crippen molar-refractivity contribution in [2.75, 3.05) is 18.6 Å². The Balaban J connectivity index is 1.70. The van der Waals surface area contributed by atoms with Crippen molar-refractivity contribution in [2.45, 2.75) is 58.2 Å². The Bertz CT molecular complexity index is 667. The van der Waals surface area contributed by atoms with E-state index < -0.39 is 0 Å². The Morgan fingerprint density at radius 1 is 1.00 bits per heavy atom. The van der Waals surface area contributed by atoms with Crippen molar-refractivity contribution < 1.29 is 14.3 Å². The summed E-state index contributed by atoms with van der Waals surface area (Å²) in [5, 5.41) is 4.68. The number of ether oxygens (including phenoxy) is 2. The Hall–Kier alpha value is -1.72. The SMILES string of the molecule is CC1(C)CC(=O)[C@@H](C[C@H]2COC(C)(C)C/C2=N/Nc2ccccc2)CO1. The highest BCUT2D eigenvalue weighted by Gasteiger charge is 2.39. The van der Waals surface area contributed by atoms with Gasteiger partial charge in [-0.1, -0.05) is 18.2 Å². The lowest BCUT2D eigenvalue weighted by Gasteiger charge is -2.39. The molecule has 2 fully saturated rings. The van der Waals surface area contributed by atoms with Crippen LogP contribution in [-0.4, -0.2) is 35.9 Å². The largest absolute Gasteiger partial charge is 0.374 e. The van der Waals surface area contributed by atoms with Crippen molar-refractivity contribution in [2.24, 2.45) is 16.9 Å². The summed E-state index contributed by atoms with van der Waals surface area (Å²) in [7, 11) is 0. The van der Waals surface area contributed by atoms with Gasteiger partial charge in [0.2, 0.25) is 0 Å². The van der Waals surface area contributed by atoms with Crippen molar-refractivity contribution in [1.29, 1.82) is 0 Å². The van der Waals surface area contributed by atoms with E-state index in [2.05, 4.69) is 24.4 Å². The maximum Gasteiger partial charge on any atom is 0.141 e. The molecular weight excluding hydrogens is 328 g/mol. The van der Waals surface area contributed by atoms with Crippen LogP contribution in [0.15, 0.2) is 35.4 Å². The zero-order valence-corrected chi connectivity index (χ0v) is 16.2. The minimum absolute atomic E-state index is 0.0697. The fraction of sp³-hybridized carbons (Fsp3) is 0.619. The van der Waals surface area contributed by atoms with E-state index in [1.807, 2.05) is 44.2 Å². The Kier molecular flexibility index (Phi) is 5.49. The zero-order chi connectivity index (χ0) is 18.8. The first-order chi connectivity index (χ1) is 12.2. The summed E-state index contributed by atoms with van der Waals surface area (Å²) in [4.78, 5) is 12.5. The van der Waals surface area contributed by atoms with Gasteiger partial charge in [0, 0.05) is 30.4 Å². The summed E-state index contributed by atoms with van der Waals surface area (Å²) in [5.74, 6) is 0.360. The number of hydrogen-bond acceptors (Lipinski definition) is 5. The average molecular weight is 358 g/mol. The van der Waals surface area contributed by atoms with E-state index in [9.17, 15) is 4.79 Å². The van der Waals surface area contributed by atoms with Crippen LogP contribution in [0, 0.1) is 11.8 Å². The molecule has 2 saturated heterocycles. The smallest absolute Gasteiger partial charge is 0.141 e. The van der Waals surface area contributed by atoms with E-state index >= 15 is 0 Å². The molecule has 5 heteroatoms. The van der Waals surface area contributed by atoms with Crippen LogP contribution < -0.4 is 5.43 Å². The predicted octanol–water partition coefficient (Wildman–Crippen LogP) is 4.04. The Morgan fingerprint density at radius 2 is 1.62 bits per heavy atom. The average Bonchev–Trinajstić information content (AvgIpc) is 2.57. The van der Waals surface area contributed by atoms with Gasteiger partial charge in [-0.05, 0) is 46.2 Å². The highest BCUT2D eigenvalue weighted by Crippen LogP contribution is 2.33. The normalized spacial score (nSPS) is 29.5. The monoisotopic (exact) mass is 358 g/mol. The fourth-order valence-electron chi connectivity index (χ4n) is 3.61. The summed E-state index contributed by atoms with van der Waals surface area (Å²) >= 11 is 0. The fourth-order valence-corrected chi connectivity index (χ4v) is 3.61. The number of carbonyl (C=O) groups is 1. The van der Waals surface area contributed by atoms with Gasteiger partial charge in [0.25, 0.3) is 0 Å². The lowest BCUT2D eigenvalue weighted by molar-refractivity contribution is -0.146. The van der Waals surface area contributed by atoms with E-state index in [-0.39, 0.29) is 23.0 Å². The molecule has 26 heavy (non-hydrogen) atoms. The van der Waals surface area contributed by atoms with Gasteiger partial charge in [-0.2, -0.15) is 5.10 Å². The van der Waals surface area contributed by atoms with Crippen LogP contribution in [-0.2, 0) is 14.3 Å². The third-order valence-corrected chi connectivity index (χ3v) is 5.16. The van der Waals surface area contributed by atoms with Gasteiger partial charge in [0.1, 0.15) is 5.78 Å². The van der Waals surface area contributed by atoms with Crippen LogP contribution in [0.1, 0.15) is 47.0 Å². The number of anilines is 1. The molecule has 0 aliphatic carbocycles. The van der Waals surface area contributed by atoms with Crippen LogP contribution in [0.3, 0.4) is 0 Å². The molecule has 142 valence electrons. The van der Waals surface area contributed by atoms with Crippen LogP contribution >= 0.6 is 0 Å². The topological polar surface area (TPSA) is 59.9 Å². The molecule has 0 saturated carbocycles. The van der Waals surface area contributed by atoms with Crippen LogP contribution in [0.5, 0.6) is 0 Å². The van der Waals surface area contributed by atoms with E-state index in [0.29, 0.717) is 25.4 Å². The van der Waals surface area contributed by atoms with Crippen molar-refractivity contribution in [3.63, 3.8) is 0 Å². The summed E-state index contributed by atoms with van der Waals surface area (Å²) < 4.78 is 11.9. The number of ketones is 1. The number of nitrogens with one attached hydrogen (secondary N) is 1. The van der Waals surface area contributed by atoms with Gasteiger partial charge in [-0.25, -0.2) is 0 Å².